The molecule has 1 aromatic carbocycles. The Balaban J connectivity index is 2.31. The summed E-state index contributed by atoms with van der Waals surface area (Å²) < 4.78 is 0. The van der Waals surface area contributed by atoms with Crippen LogP contribution in [-0.2, 0) is 16.0 Å². The fraction of sp³-hybridized carbons (Fsp3) is 0.438. The highest BCUT2D eigenvalue weighted by Crippen LogP contribution is 2.03. The fourth-order valence-electron chi connectivity index (χ4n) is 1.74. The van der Waals surface area contributed by atoms with E-state index in [1.807, 2.05) is 39.0 Å². The summed E-state index contributed by atoms with van der Waals surface area (Å²) in [5.41, 5.74) is 4.47. The van der Waals surface area contributed by atoms with Gasteiger partial charge in [-0.15, -0.1) is 0 Å². The number of hydrazone groups is 1. The van der Waals surface area contributed by atoms with Crippen LogP contribution in [0.3, 0.4) is 0 Å². The van der Waals surface area contributed by atoms with Gasteiger partial charge < -0.3 is 5.32 Å². The van der Waals surface area contributed by atoms with E-state index >= 15 is 0 Å². The molecule has 0 radical (unpaired) electrons. The van der Waals surface area contributed by atoms with Gasteiger partial charge in [-0.25, -0.2) is 5.43 Å². The lowest BCUT2D eigenvalue weighted by atomic mass is 10.1. The van der Waals surface area contributed by atoms with Crippen molar-refractivity contribution in [3.63, 3.8) is 0 Å². The number of carbonyl (C=O) groups excluding carboxylic acids is 2. The van der Waals surface area contributed by atoms with E-state index in [1.165, 1.54) is 5.56 Å². The summed E-state index contributed by atoms with van der Waals surface area (Å²) in [4.78, 5) is 22.9. The van der Waals surface area contributed by atoms with Crippen molar-refractivity contribution >= 4 is 17.5 Å². The average molecular weight is 289 g/mol. The highest BCUT2D eigenvalue weighted by molar-refractivity contribution is 5.97. The Morgan fingerprint density at radius 1 is 1.14 bits per heavy atom. The SMILES string of the molecule is C/C(CCc1ccccc1)=N/NC(=O)CC(=O)NC(C)C. The van der Waals surface area contributed by atoms with Crippen LogP contribution in [0.1, 0.15) is 39.2 Å². The first kappa shape index (κ1) is 16.9. The predicted molar refractivity (Wildman–Crippen MR) is 83.9 cm³/mol. The minimum Gasteiger partial charge on any atom is -0.353 e. The molecule has 5 heteroatoms. The Hall–Kier alpha value is -2.17. The van der Waals surface area contributed by atoms with E-state index in [2.05, 4.69) is 28.0 Å². The predicted octanol–water partition coefficient (Wildman–Crippen LogP) is 2.03. The van der Waals surface area contributed by atoms with Gasteiger partial charge in [0.2, 0.25) is 11.8 Å². The van der Waals surface area contributed by atoms with Gasteiger partial charge >= 0.3 is 0 Å². The largest absolute Gasteiger partial charge is 0.353 e. The Morgan fingerprint density at radius 3 is 2.43 bits per heavy atom. The molecule has 0 fully saturated rings. The molecule has 0 atom stereocenters. The van der Waals surface area contributed by atoms with Crippen molar-refractivity contribution in [1.29, 1.82) is 0 Å². The zero-order chi connectivity index (χ0) is 15.7. The van der Waals surface area contributed by atoms with Gasteiger partial charge in [0.15, 0.2) is 0 Å². The Labute approximate surface area is 125 Å². The Morgan fingerprint density at radius 2 is 1.81 bits per heavy atom. The molecule has 1 rings (SSSR count). The molecule has 2 N–H and O–H groups in total. The average Bonchev–Trinajstić information content (AvgIpc) is 2.43. The summed E-state index contributed by atoms with van der Waals surface area (Å²) in [5, 5.41) is 6.67. The Bertz CT molecular complexity index is 496. The summed E-state index contributed by atoms with van der Waals surface area (Å²) in [6.45, 7) is 5.56. The van der Waals surface area contributed by atoms with Crippen LogP contribution in [0.15, 0.2) is 35.4 Å². The van der Waals surface area contributed by atoms with E-state index in [4.69, 9.17) is 0 Å². The lowest BCUT2D eigenvalue weighted by molar-refractivity contribution is -0.129. The smallest absolute Gasteiger partial charge is 0.249 e. The van der Waals surface area contributed by atoms with Gasteiger partial charge in [0.05, 0.1) is 0 Å². The monoisotopic (exact) mass is 289 g/mol. The molecule has 0 aromatic heterocycles. The third kappa shape index (κ3) is 7.87. The van der Waals surface area contributed by atoms with Gasteiger partial charge in [-0.3, -0.25) is 9.59 Å². The first-order chi connectivity index (χ1) is 9.97. The zero-order valence-corrected chi connectivity index (χ0v) is 12.8. The van der Waals surface area contributed by atoms with Gasteiger partial charge in [0, 0.05) is 11.8 Å². The van der Waals surface area contributed by atoms with Crippen molar-refractivity contribution in [3.05, 3.63) is 35.9 Å². The molecular weight excluding hydrogens is 266 g/mol. The van der Waals surface area contributed by atoms with Crippen LogP contribution in [0.4, 0.5) is 0 Å². The molecule has 0 spiro atoms. The molecule has 0 bridgehead atoms. The number of amides is 2. The van der Waals surface area contributed by atoms with E-state index in [0.29, 0.717) is 0 Å². The van der Waals surface area contributed by atoms with Crippen LogP contribution in [0, 0.1) is 0 Å². The first-order valence-corrected chi connectivity index (χ1v) is 7.12. The molecule has 0 aliphatic heterocycles. The number of carbonyl (C=O) groups is 2. The molecule has 0 saturated heterocycles. The molecular formula is C16H23N3O2. The molecule has 1 aromatic rings. The van der Waals surface area contributed by atoms with Crippen LogP contribution in [0.2, 0.25) is 0 Å². The van der Waals surface area contributed by atoms with Crippen LogP contribution in [0.25, 0.3) is 0 Å². The Kier molecular flexibility index (Phi) is 7.15. The highest BCUT2D eigenvalue weighted by atomic mass is 16.2. The summed E-state index contributed by atoms with van der Waals surface area (Å²) in [7, 11) is 0. The van der Waals surface area contributed by atoms with E-state index in [1.54, 1.807) is 0 Å². The lowest BCUT2D eigenvalue weighted by Crippen LogP contribution is -2.34. The topological polar surface area (TPSA) is 70.6 Å². The number of hydrogen-bond donors (Lipinski definition) is 2. The fourth-order valence-corrected chi connectivity index (χ4v) is 1.74. The minimum absolute atomic E-state index is 0.0291. The first-order valence-electron chi connectivity index (χ1n) is 7.12. The van der Waals surface area contributed by atoms with Crippen molar-refractivity contribution in [2.24, 2.45) is 5.10 Å². The zero-order valence-electron chi connectivity index (χ0n) is 12.8. The molecule has 0 heterocycles. The van der Waals surface area contributed by atoms with Crippen molar-refractivity contribution in [3.8, 4) is 0 Å². The van der Waals surface area contributed by atoms with E-state index in [0.717, 1.165) is 18.6 Å². The van der Waals surface area contributed by atoms with E-state index in [-0.39, 0.29) is 18.4 Å². The van der Waals surface area contributed by atoms with Gasteiger partial charge in [-0.05, 0) is 39.2 Å². The summed E-state index contributed by atoms with van der Waals surface area (Å²) in [5.74, 6) is -0.688. The highest BCUT2D eigenvalue weighted by Gasteiger charge is 2.09. The number of nitrogens with zero attached hydrogens (tertiary/aromatic N) is 1. The van der Waals surface area contributed by atoms with Gasteiger partial charge in [0.1, 0.15) is 6.42 Å². The van der Waals surface area contributed by atoms with E-state index < -0.39 is 5.91 Å². The number of aryl methyl sites for hydroxylation is 1. The van der Waals surface area contributed by atoms with Gasteiger partial charge in [0.25, 0.3) is 0 Å². The maximum atomic E-state index is 11.5. The van der Waals surface area contributed by atoms with Crippen molar-refractivity contribution in [2.75, 3.05) is 0 Å². The molecule has 0 unspecified atom stereocenters. The van der Waals surface area contributed by atoms with Gasteiger partial charge in [-0.2, -0.15) is 5.10 Å². The number of hydrogen-bond acceptors (Lipinski definition) is 3. The number of nitrogens with one attached hydrogen (secondary N) is 2. The maximum absolute atomic E-state index is 11.5. The molecule has 0 aliphatic carbocycles. The minimum atomic E-state index is -0.396. The molecule has 21 heavy (non-hydrogen) atoms. The van der Waals surface area contributed by atoms with Crippen molar-refractivity contribution in [2.45, 2.75) is 46.1 Å². The molecule has 2 amide bonds. The van der Waals surface area contributed by atoms with Crippen LogP contribution in [-0.4, -0.2) is 23.6 Å². The number of benzene rings is 1. The summed E-state index contributed by atoms with van der Waals surface area (Å²) in [6, 6.07) is 10.1. The third-order valence-corrected chi connectivity index (χ3v) is 2.76. The van der Waals surface area contributed by atoms with Gasteiger partial charge in [-0.1, -0.05) is 30.3 Å². The third-order valence-electron chi connectivity index (χ3n) is 2.76. The van der Waals surface area contributed by atoms with Crippen molar-refractivity contribution < 1.29 is 9.59 Å². The molecule has 0 saturated carbocycles. The second-order valence-electron chi connectivity index (χ2n) is 5.27. The maximum Gasteiger partial charge on any atom is 0.249 e. The molecule has 5 nitrogen and oxygen atoms in total. The second-order valence-corrected chi connectivity index (χ2v) is 5.27. The summed E-state index contributed by atoms with van der Waals surface area (Å²) >= 11 is 0. The van der Waals surface area contributed by atoms with Crippen LogP contribution >= 0.6 is 0 Å². The summed E-state index contributed by atoms with van der Waals surface area (Å²) in [6.07, 6.45) is 1.44. The molecule has 0 aliphatic rings. The standard InChI is InChI=1S/C16H23N3O2/c1-12(2)17-15(20)11-16(21)19-18-13(3)9-10-14-7-5-4-6-8-14/h4-8,12H,9-11H2,1-3H3,(H,17,20)(H,19,21)/b18-13-. The van der Waals surface area contributed by atoms with Crippen molar-refractivity contribution in [1.82, 2.24) is 10.7 Å². The normalized spacial score (nSPS) is 11.3. The quantitative estimate of drug-likeness (QED) is 0.458. The van der Waals surface area contributed by atoms with Crippen LogP contribution < -0.4 is 10.7 Å². The van der Waals surface area contributed by atoms with E-state index in [9.17, 15) is 9.59 Å². The number of rotatable bonds is 7. The lowest BCUT2D eigenvalue weighted by Gasteiger charge is -2.07. The second kappa shape index (κ2) is 8.89. The molecule has 114 valence electrons. The van der Waals surface area contributed by atoms with Crippen LogP contribution in [0.5, 0.6) is 0 Å².